The van der Waals surface area contributed by atoms with E-state index in [-0.39, 0.29) is 11.9 Å². The molecule has 0 saturated heterocycles. The molecule has 0 heterocycles. The number of carbonyl (C=O) groups excluding carboxylic acids is 1. The number of carbonyl (C=O) groups is 1. The van der Waals surface area contributed by atoms with E-state index in [0.717, 1.165) is 0 Å². The monoisotopic (exact) mass is 270 g/mol. The Morgan fingerprint density at radius 1 is 0.950 bits per heavy atom. The molecular weight excluding hydrogens is 252 g/mol. The molecule has 0 unspecified atom stereocenters. The third-order valence-corrected chi connectivity index (χ3v) is 2.80. The van der Waals surface area contributed by atoms with E-state index in [1.54, 1.807) is 37.4 Å². The Morgan fingerprint density at radius 2 is 1.50 bits per heavy atom. The molecule has 0 atom stereocenters. The molecule has 104 valence electrons. The molecule has 0 amide bonds. The second-order valence-corrected chi connectivity index (χ2v) is 4.76. The zero-order valence-corrected chi connectivity index (χ0v) is 11.9. The first-order chi connectivity index (χ1) is 9.60. The Hall–Kier alpha value is -2.29. The number of rotatable bonds is 5. The van der Waals surface area contributed by atoms with Crippen molar-refractivity contribution in [3.63, 3.8) is 0 Å². The van der Waals surface area contributed by atoms with Crippen LogP contribution in [-0.4, -0.2) is 19.0 Å². The lowest BCUT2D eigenvalue weighted by Gasteiger charge is -2.10. The van der Waals surface area contributed by atoms with E-state index in [1.165, 1.54) is 0 Å². The summed E-state index contributed by atoms with van der Waals surface area (Å²) >= 11 is 0. The van der Waals surface area contributed by atoms with Gasteiger partial charge in [0, 0.05) is 11.1 Å². The Kier molecular flexibility index (Phi) is 4.41. The van der Waals surface area contributed by atoms with Crippen LogP contribution in [0.4, 0.5) is 0 Å². The van der Waals surface area contributed by atoms with E-state index >= 15 is 0 Å². The minimum Gasteiger partial charge on any atom is -0.497 e. The molecule has 2 aromatic rings. The number of ether oxygens (including phenoxy) is 2. The predicted molar refractivity (Wildman–Crippen MR) is 78.6 cm³/mol. The van der Waals surface area contributed by atoms with Crippen molar-refractivity contribution in [3.05, 3.63) is 59.7 Å². The smallest absolute Gasteiger partial charge is 0.193 e. The van der Waals surface area contributed by atoms with Gasteiger partial charge in [-0.1, -0.05) is 24.3 Å². The molecule has 2 rings (SSSR count). The van der Waals surface area contributed by atoms with Gasteiger partial charge in [-0.05, 0) is 38.1 Å². The molecule has 0 N–H and O–H groups in total. The Morgan fingerprint density at radius 3 is 2.05 bits per heavy atom. The second-order valence-electron chi connectivity index (χ2n) is 4.76. The summed E-state index contributed by atoms with van der Waals surface area (Å²) in [5.74, 6) is 1.33. The summed E-state index contributed by atoms with van der Waals surface area (Å²) in [6.07, 6.45) is 0.0807. The van der Waals surface area contributed by atoms with Crippen LogP contribution in [0.3, 0.4) is 0 Å². The molecule has 0 aliphatic carbocycles. The number of ketones is 1. The summed E-state index contributed by atoms with van der Waals surface area (Å²) in [4.78, 5) is 12.4. The molecule has 2 aromatic carbocycles. The van der Waals surface area contributed by atoms with Gasteiger partial charge in [-0.15, -0.1) is 0 Å². The summed E-state index contributed by atoms with van der Waals surface area (Å²) in [6, 6.07) is 14.4. The molecular formula is C17H18O3. The van der Waals surface area contributed by atoms with Crippen molar-refractivity contribution in [1.82, 2.24) is 0 Å². The van der Waals surface area contributed by atoms with Gasteiger partial charge in [-0.3, -0.25) is 4.79 Å². The average molecular weight is 270 g/mol. The molecule has 0 bridgehead atoms. The number of methoxy groups -OCH3 is 1. The van der Waals surface area contributed by atoms with Gasteiger partial charge in [0.2, 0.25) is 0 Å². The molecule has 0 fully saturated rings. The first-order valence-electron chi connectivity index (χ1n) is 6.55. The van der Waals surface area contributed by atoms with Crippen molar-refractivity contribution in [2.24, 2.45) is 0 Å². The molecule has 0 spiro atoms. The molecule has 0 aromatic heterocycles. The van der Waals surface area contributed by atoms with Gasteiger partial charge in [0.15, 0.2) is 5.78 Å². The normalized spacial score (nSPS) is 10.4. The fourth-order valence-corrected chi connectivity index (χ4v) is 1.91. The summed E-state index contributed by atoms with van der Waals surface area (Å²) in [5, 5.41) is 0. The lowest BCUT2D eigenvalue weighted by atomic mass is 10.0. The van der Waals surface area contributed by atoms with Gasteiger partial charge < -0.3 is 9.47 Å². The van der Waals surface area contributed by atoms with E-state index < -0.39 is 0 Å². The maximum atomic E-state index is 12.4. The lowest BCUT2D eigenvalue weighted by molar-refractivity contribution is 0.103. The van der Waals surface area contributed by atoms with Gasteiger partial charge in [0.1, 0.15) is 11.5 Å². The van der Waals surface area contributed by atoms with Crippen molar-refractivity contribution >= 4 is 5.78 Å². The van der Waals surface area contributed by atoms with Crippen molar-refractivity contribution < 1.29 is 14.3 Å². The Balaban J connectivity index is 2.28. The highest BCUT2D eigenvalue weighted by Gasteiger charge is 2.11. The fraction of sp³-hybridized carbons (Fsp3) is 0.235. The van der Waals surface area contributed by atoms with Crippen LogP contribution in [0.2, 0.25) is 0 Å². The van der Waals surface area contributed by atoms with Crippen LogP contribution in [-0.2, 0) is 0 Å². The van der Waals surface area contributed by atoms with Crippen LogP contribution in [0.15, 0.2) is 48.5 Å². The molecule has 0 aliphatic rings. The minimum absolute atomic E-state index is 0.0434. The van der Waals surface area contributed by atoms with Gasteiger partial charge in [0.25, 0.3) is 0 Å². The molecule has 20 heavy (non-hydrogen) atoms. The fourth-order valence-electron chi connectivity index (χ4n) is 1.91. The number of benzene rings is 2. The highest BCUT2D eigenvalue weighted by molar-refractivity contribution is 6.09. The van der Waals surface area contributed by atoms with Gasteiger partial charge in [-0.2, -0.15) is 0 Å². The second kappa shape index (κ2) is 6.24. The zero-order chi connectivity index (χ0) is 14.5. The maximum Gasteiger partial charge on any atom is 0.193 e. The molecule has 3 heteroatoms. The summed E-state index contributed by atoms with van der Waals surface area (Å²) in [6.45, 7) is 3.91. The van der Waals surface area contributed by atoms with Crippen molar-refractivity contribution in [2.75, 3.05) is 7.11 Å². The van der Waals surface area contributed by atoms with E-state index in [4.69, 9.17) is 9.47 Å². The highest BCUT2D eigenvalue weighted by Crippen LogP contribution is 2.20. The third-order valence-electron chi connectivity index (χ3n) is 2.80. The molecule has 0 aliphatic heterocycles. The SMILES string of the molecule is COc1cccc(C(=O)c2cccc(OC(C)C)c2)c1. The summed E-state index contributed by atoms with van der Waals surface area (Å²) < 4.78 is 10.7. The molecule has 0 radical (unpaired) electrons. The topological polar surface area (TPSA) is 35.5 Å². The first-order valence-corrected chi connectivity index (χ1v) is 6.55. The summed E-state index contributed by atoms with van der Waals surface area (Å²) in [7, 11) is 1.58. The van der Waals surface area contributed by atoms with Crippen LogP contribution in [0.25, 0.3) is 0 Å². The average Bonchev–Trinajstić information content (AvgIpc) is 2.46. The summed E-state index contributed by atoms with van der Waals surface area (Å²) in [5.41, 5.74) is 1.21. The highest BCUT2D eigenvalue weighted by atomic mass is 16.5. The van der Waals surface area contributed by atoms with E-state index in [1.807, 2.05) is 32.0 Å². The number of hydrogen-bond acceptors (Lipinski definition) is 3. The van der Waals surface area contributed by atoms with Crippen molar-refractivity contribution in [3.8, 4) is 11.5 Å². The van der Waals surface area contributed by atoms with Crippen molar-refractivity contribution in [1.29, 1.82) is 0 Å². The quantitative estimate of drug-likeness (QED) is 0.777. The maximum absolute atomic E-state index is 12.4. The van der Waals surface area contributed by atoms with Crippen LogP contribution in [0.1, 0.15) is 29.8 Å². The Labute approximate surface area is 119 Å². The number of hydrogen-bond donors (Lipinski definition) is 0. The molecule has 0 saturated carbocycles. The van der Waals surface area contributed by atoms with Gasteiger partial charge in [0.05, 0.1) is 13.2 Å². The third kappa shape index (κ3) is 3.38. The van der Waals surface area contributed by atoms with E-state index in [2.05, 4.69) is 0 Å². The van der Waals surface area contributed by atoms with Crippen LogP contribution >= 0.6 is 0 Å². The van der Waals surface area contributed by atoms with Crippen LogP contribution < -0.4 is 9.47 Å². The van der Waals surface area contributed by atoms with Gasteiger partial charge in [-0.25, -0.2) is 0 Å². The Bertz CT molecular complexity index is 603. The largest absolute Gasteiger partial charge is 0.497 e. The lowest BCUT2D eigenvalue weighted by Crippen LogP contribution is -2.07. The van der Waals surface area contributed by atoms with E-state index in [9.17, 15) is 4.79 Å². The first kappa shape index (κ1) is 14.1. The van der Waals surface area contributed by atoms with E-state index in [0.29, 0.717) is 22.6 Å². The van der Waals surface area contributed by atoms with Crippen molar-refractivity contribution in [2.45, 2.75) is 20.0 Å². The van der Waals surface area contributed by atoms with Crippen LogP contribution in [0, 0.1) is 0 Å². The predicted octanol–water partition coefficient (Wildman–Crippen LogP) is 3.71. The zero-order valence-electron chi connectivity index (χ0n) is 11.9. The standard InChI is InChI=1S/C17H18O3/c1-12(2)20-16-9-5-7-14(11-16)17(18)13-6-4-8-15(10-13)19-3/h4-12H,1-3H3. The van der Waals surface area contributed by atoms with Crippen LogP contribution in [0.5, 0.6) is 11.5 Å². The minimum atomic E-state index is -0.0434. The molecule has 3 nitrogen and oxygen atoms in total. The van der Waals surface area contributed by atoms with Gasteiger partial charge >= 0.3 is 0 Å².